The molecule has 0 fully saturated rings. The number of rotatable bonds is 7. The van der Waals surface area contributed by atoms with E-state index in [1.165, 1.54) is 0 Å². The zero-order valence-corrected chi connectivity index (χ0v) is 13.2. The summed E-state index contributed by atoms with van der Waals surface area (Å²) in [6.07, 6.45) is 6.48. The third-order valence-electron chi connectivity index (χ3n) is 3.13. The summed E-state index contributed by atoms with van der Waals surface area (Å²) in [7, 11) is 1.86. The molecule has 0 amide bonds. The molecule has 0 unspecified atom stereocenters. The van der Waals surface area contributed by atoms with Gasteiger partial charge in [0, 0.05) is 20.0 Å². The molecule has 0 aromatic carbocycles. The number of ether oxygens (including phenoxy) is 1. The summed E-state index contributed by atoms with van der Waals surface area (Å²) in [6.45, 7) is 7.06. The lowest BCUT2D eigenvalue weighted by molar-refractivity contribution is 0.453. The van der Waals surface area contributed by atoms with Crippen molar-refractivity contribution < 1.29 is 4.74 Å². The maximum absolute atomic E-state index is 5.89. The van der Waals surface area contributed by atoms with Crippen molar-refractivity contribution >= 4 is 5.82 Å². The normalized spacial score (nSPS) is 10.7. The summed E-state index contributed by atoms with van der Waals surface area (Å²) in [4.78, 5) is 9.01. The van der Waals surface area contributed by atoms with Gasteiger partial charge in [0.2, 0.25) is 5.88 Å². The summed E-state index contributed by atoms with van der Waals surface area (Å²) >= 11 is 0. The van der Waals surface area contributed by atoms with Crippen LogP contribution in [0.25, 0.3) is 0 Å². The second kappa shape index (κ2) is 7.06. The fourth-order valence-electron chi connectivity index (χ4n) is 2.08. The van der Waals surface area contributed by atoms with Gasteiger partial charge in [-0.05, 0) is 19.8 Å². The highest BCUT2D eigenvalue weighted by molar-refractivity contribution is 5.49. The van der Waals surface area contributed by atoms with Crippen LogP contribution in [-0.2, 0) is 13.0 Å². The first-order chi connectivity index (χ1) is 10.2. The van der Waals surface area contributed by atoms with E-state index in [0.717, 1.165) is 43.0 Å². The molecule has 114 valence electrons. The van der Waals surface area contributed by atoms with E-state index in [1.807, 2.05) is 24.9 Å². The lowest BCUT2D eigenvalue weighted by atomic mass is 10.3. The highest BCUT2D eigenvalue weighted by Gasteiger charge is 2.12. The second-order valence-electron chi connectivity index (χ2n) is 4.96. The molecule has 6 heteroatoms. The molecule has 0 aliphatic heterocycles. The first-order valence-corrected chi connectivity index (χ1v) is 7.43. The van der Waals surface area contributed by atoms with Crippen LogP contribution in [-0.4, -0.2) is 26.8 Å². The molecule has 0 spiro atoms. The third kappa shape index (κ3) is 3.71. The topological polar surface area (TPSA) is 64.9 Å². The van der Waals surface area contributed by atoms with Crippen molar-refractivity contribution in [3.63, 3.8) is 0 Å². The van der Waals surface area contributed by atoms with E-state index >= 15 is 0 Å². The van der Waals surface area contributed by atoms with Gasteiger partial charge in [0.1, 0.15) is 11.6 Å². The van der Waals surface area contributed by atoms with Crippen LogP contribution in [0.15, 0.2) is 12.4 Å². The van der Waals surface area contributed by atoms with Crippen LogP contribution in [0.1, 0.15) is 38.1 Å². The average Bonchev–Trinajstić information content (AvgIpc) is 2.90. The van der Waals surface area contributed by atoms with E-state index in [-0.39, 0.29) is 0 Å². The number of hydrogen-bond acceptors (Lipinski definition) is 5. The van der Waals surface area contributed by atoms with Crippen molar-refractivity contribution in [2.45, 2.75) is 46.6 Å². The van der Waals surface area contributed by atoms with Crippen molar-refractivity contribution in [1.29, 1.82) is 0 Å². The average molecular weight is 289 g/mol. The van der Waals surface area contributed by atoms with Gasteiger partial charge in [0.05, 0.1) is 18.0 Å². The fourth-order valence-corrected chi connectivity index (χ4v) is 2.08. The molecule has 2 aromatic heterocycles. The van der Waals surface area contributed by atoms with Gasteiger partial charge in [-0.25, -0.2) is 4.98 Å². The Bertz CT molecular complexity index is 594. The van der Waals surface area contributed by atoms with E-state index in [1.54, 1.807) is 6.20 Å². The molecule has 21 heavy (non-hydrogen) atoms. The molecule has 6 nitrogen and oxygen atoms in total. The molecule has 2 aromatic rings. The van der Waals surface area contributed by atoms with Gasteiger partial charge in [-0.1, -0.05) is 13.8 Å². The third-order valence-corrected chi connectivity index (χ3v) is 3.13. The number of nitrogens with one attached hydrogen (secondary N) is 1. The SMILES string of the molecule is CCCc1nc(NC)c(C)c(Oc2cnn(CCC)c2)n1. The van der Waals surface area contributed by atoms with Gasteiger partial charge in [-0.15, -0.1) is 0 Å². The Hall–Kier alpha value is -2.11. The Kier molecular flexibility index (Phi) is 5.14. The minimum atomic E-state index is 0.592. The molecule has 0 atom stereocenters. The Morgan fingerprint density at radius 3 is 2.71 bits per heavy atom. The van der Waals surface area contributed by atoms with Crippen molar-refractivity contribution in [3.8, 4) is 11.6 Å². The summed E-state index contributed by atoms with van der Waals surface area (Å²) in [5.41, 5.74) is 0.903. The van der Waals surface area contributed by atoms with E-state index in [4.69, 9.17) is 4.74 Å². The first kappa shape index (κ1) is 15.3. The van der Waals surface area contributed by atoms with Crippen LogP contribution in [0, 0.1) is 6.92 Å². The summed E-state index contributed by atoms with van der Waals surface area (Å²) in [6, 6.07) is 0. The number of nitrogens with zero attached hydrogens (tertiary/aromatic N) is 4. The second-order valence-corrected chi connectivity index (χ2v) is 4.96. The number of hydrogen-bond donors (Lipinski definition) is 1. The summed E-state index contributed by atoms with van der Waals surface area (Å²) < 4.78 is 7.76. The van der Waals surface area contributed by atoms with Crippen molar-refractivity contribution in [1.82, 2.24) is 19.7 Å². The van der Waals surface area contributed by atoms with Crippen LogP contribution in [0.4, 0.5) is 5.82 Å². The van der Waals surface area contributed by atoms with Crippen LogP contribution >= 0.6 is 0 Å². The number of aryl methyl sites for hydroxylation is 2. The lowest BCUT2D eigenvalue weighted by Gasteiger charge is -2.11. The quantitative estimate of drug-likeness (QED) is 0.848. The number of anilines is 1. The van der Waals surface area contributed by atoms with Crippen molar-refractivity contribution in [3.05, 3.63) is 23.8 Å². The molecule has 0 aliphatic rings. The monoisotopic (exact) mass is 289 g/mol. The Labute approximate surface area is 125 Å². The van der Waals surface area contributed by atoms with Crippen LogP contribution in [0.5, 0.6) is 11.6 Å². The van der Waals surface area contributed by atoms with Crippen molar-refractivity contribution in [2.75, 3.05) is 12.4 Å². The van der Waals surface area contributed by atoms with Gasteiger partial charge in [0.15, 0.2) is 5.75 Å². The van der Waals surface area contributed by atoms with Crippen molar-refractivity contribution in [2.24, 2.45) is 0 Å². The zero-order valence-electron chi connectivity index (χ0n) is 13.2. The smallest absolute Gasteiger partial charge is 0.227 e. The van der Waals surface area contributed by atoms with Gasteiger partial charge < -0.3 is 10.1 Å². The molecule has 2 heterocycles. The maximum Gasteiger partial charge on any atom is 0.227 e. The molecule has 0 bridgehead atoms. The lowest BCUT2D eigenvalue weighted by Crippen LogP contribution is -2.05. The van der Waals surface area contributed by atoms with Gasteiger partial charge in [-0.3, -0.25) is 4.68 Å². The largest absolute Gasteiger partial charge is 0.435 e. The molecule has 0 saturated carbocycles. The fraction of sp³-hybridized carbons (Fsp3) is 0.533. The van der Waals surface area contributed by atoms with E-state index < -0.39 is 0 Å². The predicted molar refractivity (Wildman–Crippen MR) is 82.9 cm³/mol. The molecule has 0 aliphatic carbocycles. The molecular weight excluding hydrogens is 266 g/mol. The minimum Gasteiger partial charge on any atom is -0.435 e. The van der Waals surface area contributed by atoms with Gasteiger partial charge >= 0.3 is 0 Å². The Balaban J connectivity index is 2.26. The van der Waals surface area contributed by atoms with Crippen LogP contribution in [0.2, 0.25) is 0 Å². The maximum atomic E-state index is 5.89. The molecule has 0 saturated heterocycles. The van der Waals surface area contributed by atoms with Crippen LogP contribution in [0.3, 0.4) is 0 Å². The molecular formula is C15H23N5O. The van der Waals surface area contributed by atoms with Gasteiger partial charge in [-0.2, -0.15) is 10.1 Å². The summed E-state index contributed by atoms with van der Waals surface area (Å²) in [5.74, 6) is 2.90. The Morgan fingerprint density at radius 2 is 2.05 bits per heavy atom. The predicted octanol–water partition coefficient (Wildman–Crippen LogP) is 3.18. The van der Waals surface area contributed by atoms with E-state index in [9.17, 15) is 0 Å². The zero-order chi connectivity index (χ0) is 15.2. The highest BCUT2D eigenvalue weighted by atomic mass is 16.5. The number of aromatic nitrogens is 4. The molecule has 2 rings (SSSR count). The van der Waals surface area contributed by atoms with Gasteiger partial charge in [0.25, 0.3) is 0 Å². The summed E-state index contributed by atoms with van der Waals surface area (Å²) in [5, 5.41) is 7.36. The molecule has 0 radical (unpaired) electrons. The highest BCUT2D eigenvalue weighted by Crippen LogP contribution is 2.27. The van der Waals surface area contributed by atoms with Crippen LogP contribution < -0.4 is 10.1 Å². The van der Waals surface area contributed by atoms with E-state index in [0.29, 0.717) is 11.6 Å². The first-order valence-electron chi connectivity index (χ1n) is 7.43. The standard InChI is InChI=1S/C15H23N5O/c1-5-7-13-18-14(16-4)11(3)15(19-13)21-12-9-17-20(10-12)8-6-2/h9-10H,5-8H2,1-4H3,(H,16,18,19). The van der Waals surface area contributed by atoms with E-state index in [2.05, 4.69) is 34.2 Å². The Morgan fingerprint density at radius 1 is 1.24 bits per heavy atom. The molecule has 1 N–H and O–H groups in total. The minimum absolute atomic E-state index is 0.592.